The Hall–Kier alpha value is -3.88. The number of nitrogens with zero attached hydrogens (tertiary/aromatic N) is 3. The van der Waals surface area contributed by atoms with Crippen LogP contribution in [0.15, 0.2) is 61.7 Å². The lowest BCUT2D eigenvalue weighted by molar-refractivity contribution is -0.129. The molecule has 3 heterocycles. The zero-order valence-electron chi connectivity index (χ0n) is 14.5. The highest BCUT2D eigenvalue weighted by Gasteiger charge is 2.36. The fourth-order valence-electron chi connectivity index (χ4n) is 2.96. The minimum Gasteiger partial charge on any atom is -0.422 e. The minimum atomic E-state index is -0.763. The Morgan fingerprint density at radius 3 is 2.89 bits per heavy atom. The molecule has 1 atom stereocenters. The Labute approximate surface area is 158 Å². The van der Waals surface area contributed by atoms with Crippen LogP contribution in [0.1, 0.15) is 10.4 Å². The number of carbonyl (C=O) groups is 3. The van der Waals surface area contributed by atoms with Crippen molar-refractivity contribution in [2.45, 2.75) is 0 Å². The number of nitrogens with one attached hydrogen (secondary N) is 1. The summed E-state index contributed by atoms with van der Waals surface area (Å²) >= 11 is 0. The molecule has 0 fully saturated rings. The number of imide groups is 1. The molecule has 0 saturated carbocycles. The number of hydrogen-bond donors (Lipinski definition) is 1. The van der Waals surface area contributed by atoms with Crippen molar-refractivity contribution < 1.29 is 18.8 Å². The fourth-order valence-corrected chi connectivity index (χ4v) is 2.96. The van der Waals surface area contributed by atoms with Crippen LogP contribution in [0.25, 0.3) is 11.0 Å². The zero-order valence-corrected chi connectivity index (χ0v) is 14.5. The van der Waals surface area contributed by atoms with Gasteiger partial charge in [-0.3, -0.25) is 14.5 Å². The van der Waals surface area contributed by atoms with E-state index in [4.69, 9.17) is 4.42 Å². The minimum absolute atomic E-state index is 0.0346. The molecule has 1 aromatic carbocycles. The van der Waals surface area contributed by atoms with E-state index in [0.29, 0.717) is 11.0 Å². The van der Waals surface area contributed by atoms with Crippen LogP contribution < -0.4 is 10.9 Å². The molecule has 0 spiro atoms. The van der Waals surface area contributed by atoms with Gasteiger partial charge in [-0.15, -0.1) is 0 Å². The summed E-state index contributed by atoms with van der Waals surface area (Å²) in [5.41, 5.74) is -0.536. The molecule has 0 saturated heterocycles. The zero-order chi connectivity index (χ0) is 19.7. The SMILES string of the molecule is O=C(NCCN1C(=O)N=C2N=CC=CC2C1=O)c1cc2ccccc2oc1=O. The van der Waals surface area contributed by atoms with E-state index in [9.17, 15) is 19.2 Å². The van der Waals surface area contributed by atoms with Gasteiger partial charge in [0.2, 0.25) is 5.91 Å². The van der Waals surface area contributed by atoms with Crippen molar-refractivity contribution in [3.63, 3.8) is 0 Å². The molecule has 140 valence electrons. The highest BCUT2D eigenvalue weighted by atomic mass is 16.4. The Morgan fingerprint density at radius 1 is 1.21 bits per heavy atom. The lowest BCUT2D eigenvalue weighted by atomic mass is 10.0. The van der Waals surface area contributed by atoms with Gasteiger partial charge in [-0.2, -0.15) is 4.99 Å². The van der Waals surface area contributed by atoms with Gasteiger partial charge >= 0.3 is 11.7 Å². The van der Waals surface area contributed by atoms with E-state index < -0.39 is 29.4 Å². The monoisotopic (exact) mass is 378 g/mol. The summed E-state index contributed by atoms with van der Waals surface area (Å²) in [6, 6.07) is 7.53. The maximum atomic E-state index is 12.4. The molecule has 1 N–H and O–H groups in total. The number of amides is 4. The number of rotatable bonds is 4. The molecule has 1 aromatic heterocycles. The molecule has 2 aliphatic rings. The molecule has 4 rings (SSSR count). The highest BCUT2D eigenvalue weighted by molar-refractivity contribution is 6.19. The molecule has 9 heteroatoms. The van der Waals surface area contributed by atoms with Crippen molar-refractivity contribution in [1.82, 2.24) is 10.2 Å². The molecule has 9 nitrogen and oxygen atoms in total. The number of urea groups is 1. The molecule has 2 aliphatic heterocycles. The summed E-state index contributed by atoms with van der Waals surface area (Å²) in [6.45, 7) is -0.111. The molecule has 0 bridgehead atoms. The maximum Gasteiger partial charge on any atom is 0.352 e. The van der Waals surface area contributed by atoms with Gasteiger partial charge in [-0.1, -0.05) is 24.3 Å². The maximum absolute atomic E-state index is 12.4. The number of allylic oxidation sites excluding steroid dienone is 1. The summed E-state index contributed by atoms with van der Waals surface area (Å²) in [7, 11) is 0. The molecular formula is C19H14N4O5. The van der Waals surface area contributed by atoms with E-state index in [1.54, 1.807) is 36.4 Å². The van der Waals surface area contributed by atoms with Crippen molar-refractivity contribution in [3.05, 3.63) is 58.5 Å². The van der Waals surface area contributed by atoms with E-state index in [1.165, 1.54) is 12.3 Å². The van der Waals surface area contributed by atoms with Gasteiger partial charge in [0.25, 0.3) is 5.91 Å². The number of hydrogen-bond acceptors (Lipinski definition) is 6. The third-order valence-corrected chi connectivity index (χ3v) is 4.35. The van der Waals surface area contributed by atoms with Crippen LogP contribution in [0.3, 0.4) is 0 Å². The lowest BCUT2D eigenvalue weighted by Crippen LogP contribution is -2.49. The third kappa shape index (κ3) is 3.13. The number of fused-ring (bicyclic) bond motifs is 2. The smallest absolute Gasteiger partial charge is 0.352 e. The largest absolute Gasteiger partial charge is 0.422 e. The normalized spacial score (nSPS) is 18.2. The Balaban J connectivity index is 1.44. The van der Waals surface area contributed by atoms with E-state index in [1.807, 2.05) is 0 Å². The predicted molar refractivity (Wildman–Crippen MR) is 100 cm³/mol. The number of carbonyl (C=O) groups excluding carboxylic acids is 3. The van der Waals surface area contributed by atoms with Gasteiger partial charge in [0, 0.05) is 24.7 Å². The van der Waals surface area contributed by atoms with Crippen LogP contribution in [-0.4, -0.2) is 47.9 Å². The van der Waals surface area contributed by atoms with Crippen molar-refractivity contribution in [2.75, 3.05) is 13.1 Å². The van der Waals surface area contributed by atoms with Crippen LogP contribution in [0.4, 0.5) is 4.79 Å². The van der Waals surface area contributed by atoms with Crippen molar-refractivity contribution in [3.8, 4) is 0 Å². The van der Waals surface area contributed by atoms with Crippen molar-refractivity contribution in [1.29, 1.82) is 0 Å². The molecular weight excluding hydrogens is 364 g/mol. The van der Waals surface area contributed by atoms with Gasteiger partial charge in [-0.25, -0.2) is 14.6 Å². The van der Waals surface area contributed by atoms with Crippen LogP contribution in [-0.2, 0) is 4.79 Å². The summed E-state index contributed by atoms with van der Waals surface area (Å²) in [4.78, 5) is 57.5. The summed E-state index contributed by atoms with van der Waals surface area (Å²) < 4.78 is 5.13. The molecule has 1 unspecified atom stereocenters. The first-order valence-electron chi connectivity index (χ1n) is 8.50. The van der Waals surface area contributed by atoms with E-state index >= 15 is 0 Å². The first-order valence-corrected chi connectivity index (χ1v) is 8.50. The van der Waals surface area contributed by atoms with Gasteiger partial charge in [-0.05, 0) is 18.2 Å². The van der Waals surface area contributed by atoms with Crippen LogP contribution in [0, 0.1) is 5.92 Å². The average molecular weight is 378 g/mol. The third-order valence-electron chi connectivity index (χ3n) is 4.35. The van der Waals surface area contributed by atoms with Gasteiger partial charge < -0.3 is 9.73 Å². The van der Waals surface area contributed by atoms with Crippen molar-refractivity contribution in [2.24, 2.45) is 15.9 Å². The number of aliphatic imine (C=N–C) groups is 2. The lowest BCUT2D eigenvalue weighted by Gasteiger charge is -2.27. The predicted octanol–water partition coefficient (Wildman–Crippen LogP) is 1.14. The molecule has 2 aromatic rings. The summed E-state index contributed by atoms with van der Waals surface area (Å²) in [5.74, 6) is -1.65. The molecule has 0 aliphatic carbocycles. The highest BCUT2D eigenvalue weighted by Crippen LogP contribution is 2.18. The van der Waals surface area contributed by atoms with E-state index in [2.05, 4.69) is 15.3 Å². The number of amidine groups is 1. The van der Waals surface area contributed by atoms with Crippen molar-refractivity contribution >= 4 is 40.9 Å². The van der Waals surface area contributed by atoms with Gasteiger partial charge in [0.1, 0.15) is 22.9 Å². The second-order valence-corrected chi connectivity index (χ2v) is 6.12. The van der Waals surface area contributed by atoms with E-state index in [-0.39, 0.29) is 24.5 Å². The summed E-state index contributed by atoms with van der Waals surface area (Å²) in [6.07, 6.45) is 4.67. The van der Waals surface area contributed by atoms with Gasteiger partial charge in [0.05, 0.1) is 0 Å². The molecule has 28 heavy (non-hydrogen) atoms. The topological polar surface area (TPSA) is 121 Å². The fraction of sp³-hybridized carbons (Fsp3) is 0.158. The van der Waals surface area contributed by atoms with Crippen LogP contribution >= 0.6 is 0 Å². The number of para-hydroxylation sites is 1. The van der Waals surface area contributed by atoms with Crippen LogP contribution in [0.2, 0.25) is 0 Å². The quantitative estimate of drug-likeness (QED) is 0.800. The average Bonchev–Trinajstić information content (AvgIpc) is 2.69. The number of dihydropyridines is 1. The molecule has 0 radical (unpaired) electrons. The first kappa shape index (κ1) is 17.5. The summed E-state index contributed by atoms with van der Waals surface area (Å²) in [5, 5.41) is 3.14. The Bertz CT molecular complexity index is 1140. The van der Waals surface area contributed by atoms with Crippen LogP contribution in [0.5, 0.6) is 0 Å². The Kier molecular flexibility index (Phi) is 4.40. The number of benzene rings is 1. The second kappa shape index (κ2) is 7.03. The second-order valence-electron chi connectivity index (χ2n) is 6.12. The first-order chi connectivity index (χ1) is 13.5. The Morgan fingerprint density at radius 2 is 2.04 bits per heavy atom. The molecule has 4 amide bonds. The standard InChI is InChI=1S/C19H14N4O5/c24-16(13-10-11-4-1-2-6-14(11)28-18(13)26)21-8-9-23-17(25)12-5-3-7-20-15(12)22-19(23)27/h1-7,10,12H,8-9H2,(H,21,24). The van der Waals surface area contributed by atoms with Gasteiger partial charge in [0.15, 0.2) is 0 Å². The van der Waals surface area contributed by atoms with E-state index in [0.717, 1.165) is 4.90 Å².